The molecule has 0 aliphatic heterocycles. The van der Waals surface area contributed by atoms with Crippen LogP contribution in [-0.4, -0.2) is 15.0 Å². The highest BCUT2D eigenvalue weighted by Gasteiger charge is 2.34. The van der Waals surface area contributed by atoms with Crippen LogP contribution in [0.1, 0.15) is 44.0 Å². The predicted molar refractivity (Wildman–Crippen MR) is 74.6 cm³/mol. The normalized spacial score (nSPS) is 12.1. The molecule has 0 aliphatic carbocycles. The molecule has 0 aromatic carbocycles. The summed E-state index contributed by atoms with van der Waals surface area (Å²) in [6.45, 7) is 4.09. The molecule has 0 amide bonds. The number of aromatic amines is 1. The number of halogens is 3. The number of aromatic nitrogens is 3. The van der Waals surface area contributed by atoms with Gasteiger partial charge in [-0.05, 0) is 18.9 Å². The van der Waals surface area contributed by atoms with E-state index in [0.717, 1.165) is 24.7 Å². The highest BCUT2D eigenvalue weighted by atomic mass is 19.4. The standard InChI is InChI=1S/C14H17F3N4/c1-3-8(4-2)13-20-7-11(21-13)9-5-10(14(15,16)17)12(18)19-6-9/h5-8H,3-4H2,1-2H3,(H2,18,19)(H,20,21). The van der Waals surface area contributed by atoms with Crippen LogP contribution in [0.4, 0.5) is 19.0 Å². The number of hydrogen-bond donors (Lipinski definition) is 2. The summed E-state index contributed by atoms with van der Waals surface area (Å²) < 4.78 is 38.5. The summed E-state index contributed by atoms with van der Waals surface area (Å²) >= 11 is 0. The van der Waals surface area contributed by atoms with Crippen LogP contribution in [0.5, 0.6) is 0 Å². The largest absolute Gasteiger partial charge is 0.419 e. The van der Waals surface area contributed by atoms with Crippen molar-refractivity contribution in [2.75, 3.05) is 5.73 Å². The molecule has 4 nitrogen and oxygen atoms in total. The van der Waals surface area contributed by atoms with Gasteiger partial charge in [0.25, 0.3) is 0 Å². The molecule has 3 N–H and O–H groups in total. The van der Waals surface area contributed by atoms with Gasteiger partial charge in [-0.1, -0.05) is 13.8 Å². The van der Waals surface area contributed by atoms with Crippen molar-refractivity contribution in [3.05, 3.63) is 29.8 Å². The van der Waals surface area contributed by atoms with Crippen LogP contribution in [0, 0.1) is 0 Å². The van der Waals surface area contributed by atoms with Crippen LogP contribution in [0.25, 0.3) is 11.3 Å². The SMILES string of the molecule is CCC(CC)c1ncc(-c2cnc(N)c(C(F)(F)F)c2)[nH]1. The molecule has 2 heterocycles. The van der Waals surface area contributed by atoms with E-state index in [1.54, 1.807) is 0 Å². The molecular formula is C14H17F3N4. The molecule has 114 valence electrons. The third-order valence-electron chi connectivity index (χ3n) is 3.50. The zero-order chi connectivity index (χ0) is 15.6. The van der Waals surface area contributed by atoms with E-state index in [2.05, 4.69) is 15.0 Å². The molecule has 0 atom stereocenters. The van der Waals surface area contributed by atoms with Crippen LogP contribution in [0.3, 0.4) is 0 Å². The second kappa shape index (κ2) is 5.75. The van der Waals surface area contributed by atoms with Gasteiger partial charge in [0.2, 0.25) is 0 Å². The van der Waals surface area contributed by atoms with Gasteiger partial charge >= 0.3 is 6.18 Å². The molecule has 0 radical (unpaired) electrons. The molecule has 2 aromatic rings. The smallest absolute Gasteiger partial charge is 0.383 e. The Hall–Kier alpha value is -2.05. The second-order valence-electron chi connectivity index (χ2n) is 4.85. The molecule has 0 bridgehead atoms. The number of H-pyrrole nitrogens is 1. The lowest BCUT2D eigenvalue weighted by Crippen LogP contribution is -2.10. The molecule has 21 heavy (non-hydrogen) atoms. The van der Waals surface area contributed by atoms with Crippen molar-refractivity contribution in [3.63, 3.8) is 0 Å². The maximum Gasteiger partial charge on any atom is 0.419 e. The van der Waals surface area contributed by atoms with Gasteiger partial charge in [0.15, 0.2) is 0 Å². The van der Waals surface area contributed by atoms with Crippen molar-refractivity contribution in [3.8, 4) is 11.3 Å². The molecule has 7 heteroatoms. The first-order chi connectivity index (χ1) is 9.86. The van der Waals surface area contributed by atoms with Gasteiger partial charge in [0.05, 0.1) is 17.5 Å². The highest BCUT2D eigenvalue weighted by molar-refractivity contribution is 5.61. The predicted octanol–water partition coefficient (Wildman–Crippen LogP) is 3.98. The Kier molecular flexibility index (Phi) is 4.20. The zero-order valence-electron chi connectivity index (χ0n) is 11.8. The summed E-state index contributed by atoms with van der Waals surface area (Å²) in [4.78, 5) is 10.9. The van der Waals surface area contributed by atoms with Crippen LogP contribution >= 0.6 is 0 Å². The Balaban J connectivity index is 2.39. The lowest BCUT2D eigenvalue weighted by Gasteiger charge is -2.10. The summed E-state index contributed by atoms with van der Waals surface area (Å²) in [7, 11) is 0. The minimum atomic E-state index is -4.52. The maximum atomic E-state index is 12.8. The third-order valence-corrected chi connectivity index (χ3v) is 3.50. The van der Waals surface area contributed by atoms with Crippen LogP contribution < -0.4 is 5.73 Å². The van der Waals surface area contributed by atoms with Crippen molar-refractivity contribution in [1.29, 1.82) is 0 Å². The molecule has 2 rings (SSSR count). The van der Waals surface area contributed by atoms with Crippen molar-refractivity contribution in [2.45, 2.75) is 38.8 Å². The van der Waals surface area contributed by atoms with Crippen molar-refractivity contribution < 1.29 is 13.2 Å². The van der Waals surface area contributed by atoms with E-state index in [9.17, 15) is 13.2 Å². The first-order valence-electron chi connectivity index (χ1n) is 6.74. The average molecular weight is 298 g/mol. The van der Waals surface area contributed by atoms with Gasteiger partial charge in [-0.25, -0.2) is 9.97 Å². The van der Waals surface area contributed by atoms with E-state index in [0.29, 0.717) is 11.3 Å². The monoisotopic (exact) mass is 298 g/mol. The Morgan fingerprint density at radius 1 is 1.19 bits per heavy atom. The Morgan fingerprint density at radius 2 is 1.86 bits per heavy atom. The Morgan fingerprint density at radius 3 is 2.43 bits per heavy atom. The van der Waals surface area contributed by atoms with E-state index in [-0.39, 0.29) is 5.92 Å². The minimum Gasteiger partial charge on any atom is -0.383 e. The molecule has 0 spiro atoms. The average Bonchev–Trinajstić information content (AvgIpc) is 2.89. The van der Waals surface area contributed by atoms with E-state index in [4.69, 9.17) is 5.73 Å². The lowest BCUT2D eigenvalue weighted by atomic mass is 10.0. The van der Waals surface area contributed by atoms with Crippen LogP contribution in [0.2, 0.25) is 0 Å². The molecule has 0 fully saturated rings. The van der Waals surface area contributed by atoms with Crippen LogP contribution in [-0.2, 0) is 6.18 Å². The van der Waals surface area contributed by atoms with Gasteiger partial charge in [0, 0.05) is 17.7 Å². The maximum absolute atomic E-state index is 12.8. The van der Waals surface area contributed by atoms with Gasteiger partial charge in [-0.15, -0.1) is 0 Å². The van der Waals surface area contributed by atoms with E-state index in [1.165, 1.54) is 12.4 Å². The molecule has 2 aromatic heterocycles. The van der Waals surface area contributed by atoms with Gasteiger partial charge in [-0.2, -0.15) is 13.2 Å². The molecular weight excluding hydrogens is 281 g/mol. The summed E-state index contributed by atoms with van der Waals surface area (Å²) in [5.41, 5.74) is 5.19. The number of imidazole rings is 1. The second-order valence-corrected chi connectivity index (χ2v) is 4.85. The fraction of sp³-hybridized carbons (Fsp3) is 0.429. The van der Waals surface area contributed by atoms with Gasteiger partial charge in [0.1, 0.15) is 11.6 Å². The van der Waals surface area contributed by atoms with E-state index in [1.807, 2.05) is 13.8 Å². The molecule has 0 aliphatic rings. The number of rotatable bonds is 4. The summed E-state index contributed by atoms with van der Waals surface area (Å²) in [6.07, 6.45) is 0.148. The molecule has 0 unspecified atom stereocenters. The number of nitrogens with two attached hydrogens (primary N) is 1. The quantitative estimate of drug-likeness (QED) is 0.897. The van der Waals surface area contributed by atoms with E-state index < -0.39 is 17.6 Å². The van der Waals surface area contributed by atoms with Gasteiger partial charge in [-0.3, -0.25) is 0 Å². The van der Waals surface area contributed by atoms with Crippen molar-refractivity contribution >= 4 is 5.82 Å². The van der Waals surface area contributed by atoms with Gasteiger partial charge < -0.3 is 10.7 Å². The zero-order valence-corrected chi connectivity index (χ0v) is 11.8. The van der Waals surface area contributed by atoms with Crippen molar-refractivity contribution in [1.82, 2.24) is 15.0 Å². The number of anilines is 1. The lowest BCUT2D eigenvalue weighted by molar-refractivity contribution is -0.137. The first kappa shape index (κ1) is 15.3. The summed E-state index contributed by atoms with van der Waals surface area (Å²) in [5, 5.41) is 0. The first-order valence-corrected chi connectivity index (χ1v) is 6.74. The highest BCUT2D eigenvalue weighted by Crippen LogP contribution is 2.35. The topological polar surface area (TPSA) is 67.6 Å². The fourth-order valence-electron chi connectivity index (χ4n) is 2.22. The Bertz CT molecular complexity index is 615. The van der Waals surface area contributed by atoms with Crippen LogP contribution in [0.15, 0.2) is 18.5 Å². The molecule has 0 saturated carbocycles. The number of nitrogens with zero attached hydrogens (tertiary/aromatic N) is 2. The summed E-state index contributed by atoms with van der Waals surface area (Å²) in [6, 6.07) is 0.993. The fourth-order valence-corrected chi connectivity index (χ4v) is 2.22. The summed E-state index contributed by atoms with van der Waals surface area (Å²) in [5.74, 6) is 0.522. The number of alkyl halides is 3. The Labute approximate surface area is 120 Å². The number of nitrogen functional groups attached to an aromatic ring is 1. The number of nitrogens with one attached hydrogen (secondary N) is 1. The molecule has 0 saturated heterocycles. The van der Waals surface area contributed by atoms with E-state index >= 15 is 0 Å². The third kappa shape index (κ3) is 3.17. The number of pyridine rings is 1. The number of hydrogen-bond acceptors (Lipinski definition) is 3. The minimum absolute atomic E-state index is 0.266. The van der Waals surface area contributed by atoms with Crippen molar-refractivity contribution in [2.24, 2.45) is 0 Å².